The number of amides is 2. The van der Waals surface area contributed by atoms with Gasteiger partial charge in [-0.2, -0.15) is 0 Å². The van der Waals surface area contributed by atoms with Crippen molar-refractivity contribution in [2.24, 2.45) is 28.3 Å². The largest absolute Gasteiger partial charge is 0.399 e. The first-order valence-electron chi connectivity index (χ1n) is 16.2. The summed E-state index contributed by atoms with van der Waals surface area (Å²) in [6.07, 6.45) is 12.5. The van der Waals surface area contributed by atoms with Gasteiger partial charge in [-0.3, -0.25) is 19.5 Å². The average Bonchev–Trinajstić information content (AvgIpc) is 3.16. The monoisotopic (exact) mass is 591 g/mol. The molecule has 1 fully saturated rings. The Hall–Kier alpha value is -3.19. The number of likely N-dealkylation sites (N-methyl/N-ethyl adjacent to an activating group) is 1. The molecule has 1 aromatic rings. The van der Waals surface area contributed by atoms with Crippen LogP contribution in [0.15, 0.2) is 52.7 Å². The number of nitrogens with zero attached hydrogens (tertiary/aromatic N) is 3. The highest BCUT2D eigenvalue weighted by Gasteiger charge is 2.31. The van der Waals surface area contributed by atoms with E-state index in [-0.39, 0.29) is 17.7 Å². The van der Waals surface area contributed by atoms with Crippen molar-refractivity contribution in [3.8, 4) is 0 Å². The number of nitrogens with two attached hydrogens (primary N) is 2. The van der Waals surface area contributed by atoms with Crippen LogP contribution in [0, 0.1) is 11.8 Å². The van der Waals surface area contributed by atoms with E-state index >= 15 is 0 Å². The summed E-state index contributed by atoms with van der Waals surface area (Å²) in [7, 11) is 2.00. The van der Waals surface area contributed by atoms with Crippen molar-refractivity contribution in [1.82, 2.24) is 9.80 Å². The van der Waals surface area contributed by atoms with Gasteiger partial charge in [0.05, 0.1) is 12.2 Å². The number of aliphatic imine (C=N–C) groups is 1. The summed E-state index contributed by atoms with van der Waals surface area (Å²) in [6, 6.07) is 6.05. The van der Waals surface area contributed by atoms with Crippen LogP contribution in [0.3, 0.4) is 0 Å². The number of aryl methyl sites for hydroxylation is 1. The second-order valence-electron chi connectivity index (χ2n) is 12.2. The molecule has 0 aliphatic carbocycles. The molecule has 0 radical (unpaired) electrons. The van der Waals surface area contributed by atoms with Gasteiger partial charge in [-0.05, 0) is 96.9 Å². The Labute approximate surface area is 261 Å². The molecular formula is C36H57N5O2. The quantitative estimate of drug-likeness (QED) is 0.294. The number of carbonyl (C=O) groups is 2. The first-order chi connectivity index (χ1) is 20.5. The second-order valence-corrected chi connectivity index (χ2v) is 12.2. The Kier molecular flexibility index (Phi) is 14.9. The lowest BCUT2D eigenvalue weighted by Gasteiger charge is -2.35. The lowest BCUT2D eigenvalue weighted by Crippen LogP contribution is -2.47. The molecule has 0 aromatic heterocycles. The summed E-state index contributed by atoms with van der Waals surface area (Å²) >= 11 is 0. The van der Waals surface area contributed by atoms with Gasteiger partial charge in [0.1, 0.15) is 0 Å². The first kappa shape index (κ1) is 36.0. The van der Waals surface area contributed by atoms with Gasteiger partial charge in [-0.15, -0.1) is 0 Å². The molecule has 238 valence electrons. The van der Waals surface area contributed by atoms with Gasteiger partial charge in [0.2, 0.25) is 11.8 Å². The topological polar surface area (TPSA) is 105 Å². The minimum atomic E-state index is -0.424. The Bertz CT molecular complexity index is 1210. The number of benzene rings is 1. The number of hydrogen-bond acceptors (Lipinski definition) is 5. The highest BCUT2D eigenvalue weighted by Crippen LogP contribution is 2.38. The van der Waals surface area contributed by atoms with Gasteiger partial charge in [0, 0.05) is 53.2 Å². The van der Waals surface area contributed by atoms with Gasteiger partial charge < -0.3 is 16.4 Å². The maximum Gasteiger partial charge on any atom is 0.248 e. The predicted molar refractivity (Wildman–Crippen MR) is 182 cm³/mol. The van der Waals surface area contributed by atoms with Crippen molar-refractivity contribution in [3.63, 3.8) is 0 Å². The van der Waals surface area contributed by atoms with E-state index in [9.17, 15) is 9.59 Å². The number of allylic oxidation sites excluding steroid dienone is 4. The second kappa shape index (κ2) is 17.8. The predicted octanol–water partition coefficient (Wildman–Crippen LogP) is 6.73. The van der Waals surface area contributed by atoms with Crippen LogP contribution in [-0.4, -0.2) is 60.0 Å². The van der Waals surface area contributed by atoms with Crippen LogP contribution in [0.5, 0.6) is 0 Å². The van der Waals surface area contributed by atoms with E-state index < -0.39 is 5.91 Å². The van der Waals surface area contributed by atoms with Gasteiger partial charge in [-0.1, -0.05) is 51.5 Å². The maximum absolute atomic E-state index is 13.1. The van der Waals surface area contributed by atoms with Crippen LogP contribution in [-0.2, 0) is 11.2 Å². The third-order valence-electron chi connectivity index (χ3n) is 8.58. The van der Waals surface area contributed by atoms with Gasteiger partial charge in [0.25, 0.3) is 0 Å². The van der Waals surface area contributed by atoms with Crippen molar-refractivity contribution in [3.05, 3.63) is 64.4 Å². The zero-order chi connectivity index (χ0) is 32.1. The molecule has 2 aliphatic heterocycles. The van der Waals surface area contributed by atoms with E-state index in [0.29, 0.717) is 24.7 Å². The fraction of sp³-hybridized carbons (Fsp3) is 0.583. The lowest BCUT2D eigenvalue weighted by atomic mass is 9.86. The summed E-state index contributed by atoms with van der Waals surface area (Å²) in [5.74, 6) is 0.226. The summed E-state index contributed by atoms with van der Waals surface area (Å²) in [5, 5.41) is 0. The van der Waals surface area contributed by atoms with E-state index in [1.165, 1.54) is 0 Å². The fourth-order valence-electron chi connectivity index (χ4n) is 5.68. The van der Waals surface area contributed by atoms with Crippen LogP contribution in [0.4, 0.5) is 0 Å². The Morgan fingerprint density at radius 1 is 1.14 bits per heavy atom. The standard InChI is InChI=1S/C32H49N5O2.C4H8/c1-7-10-23-18-24(32(34)39)14-15-26(23)31-30(27(33)11-8-2)22(5)13-16-28(35-31)25-12-9-17-37(19-25)29(38)20-36(6)21(3)4;1-3-4-2/h11,14-15,18,21-22,25H,7-10,12-13,16-17,19-20,33H2,1-6H3,(H2,34,39);3-4H,1-2H3/b27-11-;4-3-. The normalized spacial score (nSPS) is 19.8. The molecule has 2 heterocycles. The molecule has 2 unspecified atom stereocenters. The van der Waals surface area contributed by atoms with Crippen molar-refractivity contribution in [2.45, 2.75) is 99.5 Å². The molecule has 0 spiro atoms. The molecular weight excluding hydrogens is 534 g/mol. The highest BCUT2D eigenvalue weighted by molar-refractivity contribution is 5.96. The lowest BCUT2D eigenvalue weighted by molar-refractivity contribution is -0.133. The van der Waals surface area contributed by atoms with Crippen molar-refractivity contribution in [1.29, 1.82) is 0 Å². The molecule has 0 saturated carbocycles. The van der Waals surface area contributed by atoms with Crippen LogP contribution in [0.2, 0.25) is 0 Å². The van der Waals surface area contributed by atoms with Gasteiger partial charge in [-0.25, -0.2) is 0 Å². The van der Waals surface area contributed by atoms with E-state index in [2.05, 4.69) is 45.6 Å². The molecule has 7 heteroatoms. The average molecular weight is 592 g/mol. The molecule has 3 rings (SSSR count). The minimum Gasteiger partial charge on any atom is -0.399 e. The summed E-state index contributed by atoms with van der Waals surface area (Å²) in [6.45, 7) is 16.6. The molecule has 43 heavy (non-hydrogen) atoms. The van der Waals surface area contributed by atoms with E-state index in [1.807, 2.05) is 50.1 Å². The third kappa shape index (κ3) is 10.2. The molecule has 2 aliphatic rings. The molecule has 7 nitrogen and oxygen atoms in total. The Balaban J connectivity index is 0.00000151. The fourth-order valence-corrected chi connectivity index (χ4v) is 5.68. The van der Waals surface area contributed by atoms with Crippen LogP contribution in [0.1, 0.15) is 108 Å². The van der Waals surface area contributed by atoms with Crippen LogP contribution < -0.4 is 11.5 Å². The molecule has 2 amide bonds. The summed E-state index contributed by atoms with van der Waals surface area (Å²) < 4.78 is 0. The van der Waals surface area contributed by atoms with Crippen LogP contribution in [0.25, 0.3) is 5.70 Å². The molecule has 1 saturated heterocycles. The summed E-state index contributed by atoms with van der Waals surface area (Å²) in [5.41, 5.74) is 18.9. The number of piperidine rings is 1. The Morgan fingerprint density at radius 2 is 1.84 bits per heavy atom. The van der Waals surface area contributed by atoms with Crippen molar-refractivity contribution < 1.29 is 9.59 Å². The SMILES string of the molecule is C/C=C\C.CC/C=C(\N)C1=C(c2ccc(C(N)=O)cc2CCC)N=C(C2CCCN(C(=O)CN(C)C(C)C)C2)CCC1C. The smallest absolute Gasteiger partial charge is 0.248 e. The number of hydrogen-bond donors (Lipinski definition) is 2. The number of primary amides is 1. The molecule has 1 aromatic carbocycles. The van der Waals surface area contributed by atoms with Crippen molar-refractivity contribution in [2.75, 3.05) is 26.7 Å². The zero-order valence-electron chi connectivity index (χ0n) is 28.1. The third-order valence-corrected chi connectivity index (χ3v) is 8.58. The van der Waals surface area contributed by atoms with Crippen LogP contribution >= 0.6 is 0 Å². The highest BCUT2D eigenvalue weighted by atomic mass is 16.2. The molecule has 0 bridgehead atoms. The number of rotatable bonds is 10. The molecule has 2 atom stereocenters. The molecule has 4 N–H and O–H groups in total. The Morgan fingerprint density at radius 3 is 2.42 bits per heavy atom. The minimum absolute atomic E-state index is 0.192. The van der Waals surface area contributed by atoms with Gasteiger partial charge >= 0.3 is 0 Å². The summed E-state index contributed by atoms with van der Waals surface area (Å²) in [4.78, 5) is 34.7. The van der Waals surface area contributed by atoms with Gasteiger partial charge in [0.15, 0.2) is 0 Å². The van der Waals surface area contributed by atoms with E-state index in [4.69, 9.17) is 16.5 Å². The number of likely N-dealkylation sites (tertiary alicyclic amines) is 1. The van der Waals surface area contributed by atoms with E-state index in [0.717, 1.165) is 85.3 Å². The van der Waals surface area contributed by atoms with Crippen molar-refractivity contribution >= 4 is 23.2 Å². The van der Waals surface area contributed by atoms with E-state index in [1.54, 1.807) is 6.07 Å². The first-order valence-corrected chi connectivity index (χ1v) is 16.2. The zero-order valence-corrected chi connectivity index (χ0v) is 28.1. The number of carbonyl (C=O) groups excluding carboxylic acids is 2. The maximum atomic E-state index is 13.1.